The Balaban J connectivity index is 2.26. The van der Waals surface area contributed by atoms with Gasteiger partial charge in [0.15, 0.2) is 0 Å². The molecule has 0 unspecified atom stereocenters. The lowest BCUT2D eigenvalue weighted by molar-refractivity contribution is 0.723. The van der Waals surface area contributed by atoms with Gasteiger partial charge < -0.3 is 9.88 Å². The van der Waals surface area contributed by atoms with Gasteiger partial charge >= 0.3 is 0 Å². The third-order valence-electron chi connectivity index (χ3n) is 2.07. The van der Waals surface area contributed by atoms with E-state index in [1.165, 1.54) is 0 Å². The third-order valence-corrected chi connectivity index (χ3v) is 2.39. The van der Waals surface area contributed by atoms with E-state index < -0.39 is 0 Å². The van der Waals surface area contributed by atoms with E-state index in [0.29, 0.717) is 17.3 Å². The first kappa shape index (κ1) is 10.7. The molecule has 0 spiro atoms. The number of hydrogen-bond acceptors (Lipinski definition) is 5. The quantitative estimate of drug-likeness (QED) is 0.814. The molecule has 2 aromatic rings. The monoisotopic (exact) mass is 233 g/mol. The molecule has 0 atom stereocenters. The van der Waals surface area contributed by atoms with Crippen molar-refractivity contribution >= 4 is 18.2 Å². The molecule has 2 rings (SSSR count). The summed E-state index contributed by atoms with van der Waals surface area (Å²) in [6.45, 7) is 0.636. The van der Waals surface area contributed by atoms with Crippen LogP contribution in [0.15, 0.2) is 30.9 Å². The van der Waals surface area contributed by atoms with E-state index in [0.717, 1.165) is 5.56 Å². The molecule has 0 aliphatic carbocycles. The number of nitrogens with zero attached hydrogens (tertiary/aromatic N) is 4. The molecule has 0 saturated carbocycles. The van der Waals surface area contributed by atoms with Crippen molar-refractivity contribution in [2.75, 3.05) is 12.4 Å². The number of hydrogen-bond donors (Lipinski definition) is 1. The Hall–Kier alpha value is -1.82. The highest BCUT2D eigenvalue weighted by molar-refractivity contribution is 7.71. The molecule has 2 aromatic heterocycles. The molecule has 0 fully saturated rings. The highest BCUT2D eigenvalue weighted by Gasteiger charge is 1.98. The lowest BCUT2D eigenvalue weighted by Crippen LogP contribution is -2.07. The first-order valence-electron chi connectivity index (χ1n) is 4.80. The summed E-state index contributed by atoms with van der Waals surface area (Å²) >= 11 is 5.16. The van der Waals surface area contributed by atoms with E-state index in [-0.39, 0.29) is 0 Å². The van der Waals surface area contributed by atoms with Gasteiger partial charge in [-0.3, -0.25) is 4.98 Å². The fraction of sp³-hybridized carbons (Fsp3) is 0.200. The number of anilines is 1. The van der Waals surface area contributed by atoms with E-state index in [2.05, 4.69) is 20.3 Å². The topological polar surface area (TPSA) is 55.6 Å². The van der Waals surface area contributed by atoms with Crippen LogP contribution in [0.1, 0.15) is 5.56 Å². The average Bonchev–Trinajstić information content (AvgIpc) is 2.33. The molecule has 2 heterocycles. The first-order valence-corrected chi connectivity index (χ1v) is 5.20. The molecule has 5 nitrogen and oxygen atoms in total. The highest BCUT2D eigenvalue weighted by Crippen LogP contribution is 2.02. The minimum absolute atomic E-state index is 0.503. The van der Waals surface area contributed by atoms with E-state index in [4.69, 9.17) is 12.2 Å². The van der Waals surface area contributed by atoms with Crippen molar-refractivity contribution in [1.82, 2.24) is 19.5 Å². The Labute approximate surface area is 98.2 Å². The van der Waals surface area contributed by atoms with Gasteiger partial charge in [0.25, 0.3) is 0 Å². The summed E-state index contributed by atoms with van der Waals surface area (Å²) in [6.07, 6.45) is 5.21. The SMILES string of the molecule is CNc1ncn(Cc2cccnc2)c(=S)n1. The Bertz CT molecular complexity index is 522. The molecule has 0 saturated heterocycles. The summed E-state index contributed by atoms with van der Waals surface area (Å²) in [6, 6.07) is 3.88. The zero-order valence-corrected chi connectivity index (χ0v) is 9.61. The van der Waals surface area contributed by atoms with Gasteiger partial charge in [-0.25, -0.2) is 4.98 Å². The second-order valence-corrected chi connectivity index (χ2v) is 3.57. The van der Waals surface area contributed by atoms with Crippen LogP contribution in [-0.4, -0.2) is 26.6 Å². The summed E-state index contributed by atoms with van der Waals surface area (Å²) in [7, 11) is 1.76. The minimum Gasteiger partial charge on any atom is -0.357 e. The molecular weight excluding hydrogens is 222 g/mol. The van der Waals surface area contributed by atoms with Gasteiger partial charge in [0, 0.05) is 19.4 Å². The van der Waals surface area contributed by atoms with Crippen LogP contribution in [-0.2, 0) is 6.54 Å². The second kappa shape index (κ2) is 4.80. The minimum atomic E-state index is 0.503. The maximum atomic E-state index is 5.16. The molecule has 82 valence electrons. The Morgan fingerprint density at radius 1 is 1.50 bits per heavy atom. The normalized spacial score (nSPS) is 10.1. The van der Waals surface area contributed by atoms with Crippen LogP contribution in [0.25, 0.3) is 0 Å². The molecule has 0 aromatic carbocycles. The van der Waals surface area contributed by atoms with Crippen molar-refractivity contribution in [3.63, 3.8) is 0 Å². The number of aromatic nitrogens is 4. The van der Waals surface area contributed by atoms with Gasteiger partial charge in [-0.1, -0.05) is 6.07 Å². The molecule has 0 aliphatic heterocycles. The van der Waals surface area contributed by atoms with Crippen LogP contribution in [0, 0.1) is 4.77 Å². The molecule has 6 heteroatoms. The predicted molar refractivity (Wildman–Crippen MR) is 63.7 cm³/mol. The van der Waals surface area contributed by atoms with Crippen LogP contribution in [0.3, 0.4) is 0 Å². The van der Waals surface area contributed by atoms with Crippen LogP contribution < -0.4 is 5.32 Å². The fourth-order valence-electron chi connectivity index (χ4n) is 1.27. The van der Waals surface area contributed by atoms with Crippen LogP contribution in [0.2, 0.25) is 0 Å². The maximum absolute atomic E-state index is 5.16. The maximum Gasteiger partial charge on any atom is 0.226 e. The van der Waals surface area contributed by atoms with Crippen LogP contribution >= 0.6 is 12.2 Å². The smallest absolute Gasteiger partial charge is 0.226 e. The molecule has 0 bridgehead atoms. The molecular formula is C10H11N5S. The molecule has 1 N–H and O–H groups in total. The second-order valence-electron chi connectivity index (χ2n) is 3.20. The summed E-state index contributed by atoms with van der Waals surface area (Å²) in [4.78, 5) is 12.3. The van der Waals surface area contributed by atoms with Crippen molar-refractivity contribution in [3.05, 3.63) is 41.2 Å². The molecule has 0 radical (unpaired) electrons. The fourth-order valence-corrected chi connectivity index (χ4v) is 1.47. The van der Waals surface area contributed by atoms with Crippen molar-refractivity contribution in [2.24, 2.45) is 0 Å². The van der Waals surface area contributed by atoms with Crippen molar-refractivity contribution in [1.29, 1.82) is 0 Å². The summed E-state index contributed by atoms with van der Waals surface area (Å²) in [5.74, 6) is 0.535. The number of pyridine rings is 1. The number of rotatable bonds is 3. The van der Waals surface area contributed by atoms with Gasteiger partial charge in [-0.2, -0.15) is 4.98 Å². The highest BCUT2D eigenvalue weighted by atomic mass is 32.1. The van der Waals surface area contributed by atoms with Crippen LogP contribution in [0.4, 0.5) is 5.95 Å². The van der Waals surface area contributed by atoms with E-state index >= 15 is 0 Å². The van der Waals surface area contributed by atoms with Crippen molar-refractivity contribution in [2.45, 2.75) is 6.54 Å². The van der Waals surface area contributed by atoms with Crippen molar-refractivity contribution in [3.8, 4) is 0 Å². The van der Waals surface area contributed by atoms with Gasteiger partial charge in [0.2, 0.25) is 10.7 Å². The number of nitrogens with one attached hydrogen (secondary N) is 1. The standard InChI is InChI=1S/C10H11N5S/c1-11-9-13-7-15(10(16)14-9)6-8-3-2-4-12-5-8/h2-5,7H,6H2,1H3,(H,11,14,16). The largest absolute Gasteiger partial charge is 0.357 e. The summed E-state index contributed by atoms with van der Waals surface area (Å²) in [5, 5.41) is 2.84. The van der Waals surface area contributed by atoms with Crippen molar-refractivity contribution < 1.29 is 0 Å². The molecule has 16 heavy (non-hydrogen) atoms. The van der Waals surface area contributed by atoms with Gasteiger partial charge in [0.05, 0.1) is 6.54 Å². The van der Waals surface area contributed by atoms with Gasteiger partial charge in [-0.15, -0.1) is 0 Å². The zero-order chi connectivity index (χ0) is 11.4. The lowest BCUT2D eigenvalue weighted by Gasteiger charge is -2.06. The molecule has 0 amide bonds. The first-order chi connectivity index (χ1) is 7.79. The van der Waals surface area contributed by atoms with E-state index in [1.54, 1.807) is 30.3 Å². The average molecular weight is 233 g/mol. The van der Waals surface area contributed by atoms with E-state index in [1.807, 2.05) is 12.1 Å². The van der Waals surface area contributed by atoms with Gasteiger partial charge in [0.1, 0.15) is 6.33 Å². The van der Waals surface area contributed by atoms with E-state index in [9.17, 15) is 0 Å². The summed E-state index contributed by atoms with van der Waals surface area (Å²) < 4.78 is 2.30. The predicted octanol–water partition coefficient (Wildman–Crippen LogP) is 1.49. The van der Waals surface area contributed by atoms with Crippen LogP contribution in [0.5, 0.6) is 0 Å². The van der Waals surface area contributed by atoms with Gasteiger partial charge in [-0.05, 0) is 23.8 Å². The zero-order valence-electron chi connectivity index (χ0n) is 8.79. The summed E-state index contributed by atoms with van der Waals surface area (Å²) in [5.41, 5.74) is 1.07. The Morgan fingerprint density at radius 3 is 3.00 bits per heavy atom. The third kappa shape index (κ3) is 2.40. The lowest BCUT2D eigenvalue weighted by atomic mass is 10.3. The Morgan fingerprint density at radius 2 is 2.38 bits per heavy atom. The molecule has 0 aliphatic rings. The Kier molecular flexibility index (Phi) is 3.21.